The summed E-state index contributed by atoms with van der Waals surface area (Å²) in [6.07, 6.45) is 95.9. The van der Waals surface area contributed by atoms with Crippen molar-refractivity contribution in [3.63, 3.8) is 0 Å². The molecule has 19 heteroatoms. The van der Waals surface area contributed by atoms with Crippen molar-refractivity contribution in [2.24, 2.45) is 0 Å². The topological polar surface area (TPSA) is 237 Å². The third kappa shape index (κ3) is 78.3. The minimum Gasteiger partial charge on any atom is -0.462 e. The van der Waals surface area contributed by atoms with Crippen LogP contribution in [0.2, 0.25) is 0 Å². The largest absolute Gasteiger partial charge is 0.472 e. The minimum atomic E-state index is -5.01. The van der Waals surface area contributed by atoms with Crippen LogP contribution in [0.15, 0.2) is 182 Å². The molecule has 0 spiro atoms. The van der Waals surface area contributed by atoms with Crippen LogP contribution in [-0.4, -0.2) is 96.7 Å². The van der Waals surface area contributed by atoms with Crippen LogP contribution in [0.4, 0.5) is 0 Å². The van der Waals surface area contributed by atoms with Crippen molar-refractivity contribution in [2.75, 3.05) is 39.6 Å². The first-order valence-electron chi connectivity index (χ1n) is 41.0. The molecule has 0 saturated heterocycles. The van der Waals surface area contributed by atoms with Gasteiger partial charge in [-0.25, -0.2) is 9.13 Å². The number of unbranched alkanes of at least 4 members (excludes halogenated alkanes) is 19. The third-order valence-corrected chi connectivity index (χ3v) is 18.3. The van der Waals surface area contributed by atoms with Crippen LogP contribution >= 0.6 is 15.6 Å². The second-order valence-corrected chi connectivity index (χ2v) is 29.5. The fourth-order valence-electron chi connectivity index (χ4n) is 10.2. The number of carbonyl (C=O) groups is 4. The molecular weight excluding hydrogens is 1400 g/mol. The summed E-state index contributed by atoms with van der Waals surface area (Å²) < 4.78 is 68.6. The van der Waals surface area contributed by atoms with Gasteiger partial charge in [0, 0.05) is 25.7 Å². The highest BCUT2D eigenvalue weighted by molar-refractivity contribution is 7.47. The van der Waals surface area contributed by atoms with Gasteiger partial charge in [0.15, 0.2) is 12.2 Å². The molecule has 0 radical (unpaired) electrons. The normalized spacial score (nSPS) is 14.8. The van der Waals surface area contributed by atoms with Gasteiger partial charge in [0.2, 0.25) is 0 Å². The van der Waals surface area contributed by atoms with Gasteiger partial charge in [-0.1, -0.05) is 287 Å². The summed E-state index contributed by atoms with van der Waals surface area (Å²) in [5.74, 6) is -2.35. The molecule has 612 valence electrons. The molecule has 3 N–H and O–H groups in total. The number of carbonyl (C=O) groups excluding carboxylic acids is 4. The van der Waals surface area contributed by atoms with E-state index in [2.05, 4.69) is 192 Å². The van der Waals surface area contributed by atoms with Crippen LogP contribution in [0.1, 0.15) is 297 Å². The maximum Gasteiger partial charge on any atom is 0.472 e. The van der Waals surface area contributed by atoms with E-state index in [1.54, 1.807) is 0 Å². The first-order chi connectivity index (χ1) is 52.7. The molecule has 0 aromatic carbocycles. The zero-order valence-corrected chi connectivity index (χ0v) is 68.7. The molecule has 0 heterocycles. The van der Waals surface area contributed by atoms with E-state index in [0.717, 1.165) is 173 Å². The Hall–Kier alpha value is -5.84. The molecule has 0 rings (SSSR count). The van der Waals surface area contributed by atoms with Crippen molar-refractivity contribution in [3.05, 3.63) is 182 Å². The van der Waals surface area contributed by atoms with Crippen LogP contribution < -0.4 is 0 Å². The van der Waals surface area contributed by atoms with Crippen LogP contribution in [-0.2, 0) is 65.4 Å². The Labute approximate surface area is 654 Å². The zero-order valence-electron chi connectivity index (χ0n) is 66.9. The summed E-state index contributed by atoms with van der Waals surface area (Å²) in [4.78, 5) is 73.1. The fraction of sp³-hybridized carbons (Fsp3) is 0.618. The minimum absolute atomic E-state index is 0.0282. The maximum absolute atomic E-state index is 13.1. The van der Waals surface area contributed by atoms with Gasteiger partial charge in [-0.15, -0.1) is 0 Å². The molecule has 17 nitrogen and oxygen atoms in total. The van der Waals surface area contributed by atoms with E-state index in [1.165, 1.54) is 38.5 Å². The Kier molecular flexibility index (Phi) is 75.0. The van der Waals surface area contributed by atoms with E-state index in [4.69, 9.17) is 37.0 Å². The van der Waals surface area contributed by atoms with Crippen LogP contribution in [0, 0.1) is 0 Å². The smallest absolute Gasteiger partial charge is 0.462 e. The lowest BCUT2D eigenvalue weighted by molar-refractivity contribution is -0.161. The van der Waals surface area contributed by atoms with Crippen molar-refractivity contribution in [1.82, 2.24) is 0 Å². The second kappa shape index (κ2) is 79.3. The lowest BCUT2D eigenvalue weighted by Crippen LogP contribution is -2.30. The first-order valence-corrected chi connectivity index (χ1v) is 44.0. The number of esters is 4. The molecule has 0 aromatic rings. The summed E-state index contributed by atoms with van der Waals surface area (Å²) in [6, 6.07) is 0. The number of phosphoric acid groups is 2. The van der Waals surface area contributed by atoms with Crippen molar-refractivity contribution in [3.8, 4) is 0 Å². The lowest BCUT2D eigenvalue weighted by atomic mass is 10.1. The Morgan fingerprint density at radius 2 is 0.500 bits per heavy atom. The Bertz CT molecular complexity index is 2760. The van der Waals surface area contributed by atoms with Crippen molar-refractivity contribution in [2.45, 2.75) is 316 Å². The van der Waals surface area contributed by atoms with Gasteiger partial charge < -0.3 is 33.8 Å². The standard InChI is InChI=1S/C89H144O17P2/c1-5-9-13-17-21-25-29-33-37-39-41-43-47-49-53-57-61-65-69-73-86(91)99-79-84(105-88(93)75-71-67-63-59-55-51-45-35-31-27-23-19-15-11-7-3)81-103-107(95,96)101-77-83(90)78-102-108(97,98)104-82-85(106-89(94)76-72-68-64-60-56-52-46-36-32-28-24-20-16-12-8-4)80-100-87(92)74-70-66-62-58-54-50-48-44-42-40-38-34-30-26-22-18-14-10-6-2/h9-11,13-15,21-23,25-27,33-38,41-46,49-50,53-54,62,66,83-85,90H,5-8,12,16-20,24,28-32,39-40,47-48,51-52,55-61,63-65,67-82H2,1-4H3,(H,95,96)(H,97,98)/b13-9-,14-10-,15-11-,25-21-,26-22-,27-23-,37-33-,38-34-,43-41-,44-42-,45-35-,46-36-,53-49-,54-50-,66-62-. The molecule has 0 fully saturated rings. The highest BCUT2D eigenvalue weighted by Crippen LogP contribution is 2.45. The van der Waals surface area contributed by atoms with E-state index in [1.807, 2.05) is 18.2 Å². The molecule has 0 aliphatic carbocycles. The van der Waals surface area contributed by atoms with Crippen molar-refractivity contribution < 1.29 is 80.2 Å². The highest BCUT2D eigenvalue weighted by atomic mass is 31.2. The number of hydrogen-bond donors (Lipinski definition) is 3. The average molecular weight is 1550 g/mol. The first kappa shape index (κ1) is 102. The summed E-state index contributed by atoms with van der Waals surface area (Å²) in [5.41, 5.74) is 0. The fourth-order valence-corrected chi connectivity index (χ4v) is 11.8. The molecule has 0 amide bonds. The SMILES string of the molecule is CC/C=C\C/C=C\C/C=C\C/C=C\C/C=C\C/C=C\CCC(=O)OCC(COP(=O)(O)OCC(O)COP(=O)(O)OCC(COC(=O)CCCCC/C=C\C/C=C\C/C=C\C/C=C\C/C=C\CC)OC(=O)CCCCCCC/C=C\C/C=C\C/C=C\CC)OC(=O)CCCCCCC/C=C\CCCCCCCC. The number of allylic oxidation sites excluding steroid dienone is 30. The molecular formula is C89H144O17P2. The summed E-state index contributed by atoms with van der Waals surface area (Å²) in [6.45, 7) is 4.37. The molecule has 0 saturated carbocycles. The predicted molar refractivity (Wildman–Crippen MR) is 445 cm³/mol. The number of aliphatic hydroxyl groups is 1. The maximum atomic E-state index is 13.1. The second-order valence-electron chi connectivity index (χ2n) is 26.6. The Morgan fingerprint density at radius 1 is 0.269 bits per heavy atom. The molecule has 0 bridgehead atoms. The van der Waals surface area contributed by atoms with Gasteiger partial charge in [-0.05, 0) is 167 Å². The summed E-state index contributed by atoms with van der Waals surface area (Å²) >= 11 is 0. The van der Waals surface area contributed by atoms with E-state index >= 15 is 0 Å². The average Bonchev–Trinajstić information content (AvgIpc) is 0.923. The molecule has 0 aliphatic heterocycles. The van der Waals surface area contributed by atoms with Gasteiger partial charge in [-0.3, -0.25) is 37.3 Å². The van der Waals surface area contributed by atoms with Crippen LogP contribution in [0.3, 0.4) is 0 Å². The van der Waals surface area contributed by atoms with Crippen molar-refractivity contribution >= 4 is 39.5 Å². The highest BCUT2D eigenvalue weighted by Gasteiger charge is 2.30. The molecule has 5 unspecified atom stereocenters. The van der Waals surface area contributed by atoms with E-state index < -0.39 is 97.5 Å². The summed E-state index contributed by atoms with van der Waals surface area (Å²) in [7, 11) is -10.0. The van der Waals surface area contributed by atoms with Gasteiger partial charge in [0.1, 0.15) is 19.3 Å². The zero-order chi connectivity index (χ0) is 78.9. The third-order valence-electron chi connectivity index (χ3n) is 16.4. The van der Waals surface area contributed by atoms with Crippen LogP contribution in [0.25, 0.3) is 0 Å². The Balaban J connectivity index is 5.49. The molecule has 0 aromatic heterocycles. The molecule has 108 heavy (non-hydrogen) atoms. The van der Waals surface area contributed by atoms with Gasteiger partial charge >= 0.3 is 39.5 Å². The number of aliphatic hydroxyl groups excluding tert-OH is 1. The predicted octanol–water partition coefficient (Wildman–Crippen LogP) is 24.3. The van der Waals surface area contributed by atoms with Gasteiger partial charge in [0.25, 0.3) is 0 Å². The van der Waals surface area contributed by atoms with E-state index in [0.29, 0.717) is 32.1 Å². The van der Waals surface area contributed by atoms with Crippen molar-refractivity contribution in [1.29, 1.82) is 0 Å². The number of hydrogen-bond acceptors (Lipinski definition) is 15. The number of ether oxygens (including phenoxy) is 4. The van der Waals surface area contributed by atoms with Crippen LogP contribution in [0.5, 0.6) is 0 Å². The lowest BCUT2D eigenvalue weighted by Gasteiger charge is -2.21. The molecule has 5 atom stereocenters. The van der Waals surface area contributed by atoms with Gasteiger partial charge in [-0.2, -0.15) is 0 Å². The summed E-state index contributed by atoms with van der Waals surface area (Å²) in [5, 5.41) is 10.7. The Morgan fingerprint density at radius 3 is 0.815 bits per heavy atom. The van der Waals surface area contributed by atoms with E-state index in [9.17, 15) is 43.2 Å². The van der Waals surface area contributed by atoms with Gasteiger partial charge in [0.05, 0.1) is 26.4 Å². The van der Waals surface area contributed by atoms with E-state index in [-0.39, 0.29) is 25.7 Å². The number of rotatable bonds is 75. The monoisotopic (exact) mass is 1550 g/mol. The number of phosphoric ester groups is 2. The quantitative estimate of drug-likeness (QED) is 0.0169. The molecule has 0 aliphatic rings.